The third kappa shape index (κ3) is 10.2. The Labute approximate surface area is 196 Å². The highest BCUT2D eigenvalue weighted by Crippen LogP contribution is 2.32. The number of sulfonamides is 1. The zero-order valence-electron chi connectivity index (χ0n) is 18.2. The van der Waals surface area contributed by atoms with Gasteiger partial charge in [0.25, 0.3) is 0 Å². The Morgan fingerprint density at radius 3 is 2.03 bits per heavy atom. The van der Waals surface area contributed by atoms with Gasteiger partial charge in [0.1, 0.15) is 0 Å². The summed E-state index contributed by atoms with van der Waals surface area (Å²) >= 11 is 0. The number of hydrogen-bond donors (Lipinski definition) is 2. The summed E-state index contributed by atoms with van der Waals surface area (Å²) in [6.45, 7) is 3.03. The van der Waals surface area contributed by atoms with Crippen LogP contribution in [0.3, 0.4) is 0 Å². The van der Waals surface area contributed by atoms with Crippen LogP contribution in [0.1, 0.15) is 12.8 Å². The Hall–Kier alpha value is -2.66. The largest absolute Gasteiger partial charge is 0.490 e. The van der Waals surface area contributed by atoms with Gasteiger partial charge in [-0.2, -0.15) is 30.6 Å². The Morgan fingerprint density at radius 1 is 1.06 bits per heavy atom. The molecule has 1 aromatic rings. The van der Waals surface area contributed by atoms with Crippen LogP contribution in [0.5, 0.6) is 0 Å². The molecule has 0 bridgehead atoms. The van der Waals surface area contributed by atoms with Crippen molar-refractivity contribution in [3.05, 3.63) is 24.5 Å². The van der Waals surface area contributed by atoms with Gasteiger partial charge in [0.15, 0.2) is 0 Å². The molecule has 3 heterocycles. The summed E-state index contributed by atoms with van der Waals surface area (Å²) in [6, 6.07) is 3.95. The van der Waals surface area contributed by atoms with Gasteiger partial charge in [-0.15, -0.1) is 0 Å². The molecule has 0 aromatic carbocycles. The first-order chi connectivity index (χ1) is 15.9. The number of halogens is 6. The summed E-state index contributed by atoms with van der Waals surface area (Å²) in [5.41, 5.74) is 0.673. The molecule has 17 heteroatoms. The molecule has 2 saturated heterocycles. The maximum absolute atomic E-state index is 11.8. The van der Waals surface area contributed by atoms with E-state index < -0.39 is 39.9 Å². The monoisotopic (exact) mass is 539 g/mol. The average Bonchev–Trinajstić information content (AvgIpc) is 2.73. The Balaban J connectivity index is 0.000000362. The highest BCUT2D eigenvalue weighted by atomic mass is 32.2. The van der Waals surface area contributed by atoms with Gasteiger partial charge in [-0.05, 0) is 25.0 Å². The third-order valence-corrected chi connectivity index (χ3v) is 5.97. The van der Waals surface area contributed by atoms with Crippen LogP contribution in [0, 0.1) is 0 Å². The number of carbonyl (C=O) groups is 2. The van der Waals surface area contributed by atoms with E-state index in [1.165, 1.54) is 6.26 Å². The van der Waals surface area contributed by atoms with Crippen LogP contribution in [-0.2, 0) is 24.3 Å². The second-order valence-electron chi connectivity index (χ2n) is 7.47. The number of pyridine rings is 1. The quantitative estimate of drug-likeness (QED) is 0.541. The van der Waals surface area contributed by atoms with Crippen LogP contribution in [-0.4, -0.2) is 96.9 Å². The van der Waals surface area contributed by atoms with Gasteiger partial charge < -0.3 is 19.8 Å². The van der Waals surface area contributed by atoms with Crippen molar-refractivity contribution in [3.63, 3.8) is 0 Å². The molecule has 0 aliphatic carbocycles. The van der Waals surface area contributed by atoms with Crippen LogP contribution in [0.2, 0.25) is 0 Å². The van der Waals surface area contributed by atoms with E-state index in [4.69, 9.17) is 24.5 Å². The van der Waals surface area contributed by atoms with Crippen molar-refractivity contribution in [1.82, 2.24) is 9.29 Å². The van der Waals surface area contributed by atoms with E-state index in [0.29, 0.717) is 26.2 Å². The lowest BCUT2D eigenvalue weighted by Gasteiger charge is -2.47. The minimum Gasteiger partial charge on any atom is -0.475 e. The van der Waals surface area contributed by atoms with Gasteiger partial charge in [0, 0.05) is 32.4 Å². The predicted octanol–water partition coefficient (Wildman–Crippen LogP) is 1.98. The normalized spacial score (nSPS) is 21.3. The van der Waals surface area contributed by atoms with Crippen LogP contribution in [0.15, 0.2) is 24.5 Å². The number of ether oxygens (including phenoxy) is 1. The van der Waals surface area contributed by atoms with Crippen LogP contribution >= 0.6 is 0 Å². The molecule has 0 amide bonds. The second kappa shape index (κ2) is 11.9. The first-order valence-electron chi connectivity index (χ1n) is 9.72. The number of rotatable bonds is 2. The van der Waals surface area contributed by atoms with E-state index in [1.807, 2.05) is 18.3 Å². The molecular weight excluding hydrogens is 516 g/mol. The average molecular weight is 539 g/mol. The molecule has 0 radical (unpaired) electrons. The zero-order valence-corrected chi connectivity index (χ0v) is 19.0. The van der Waals surface area contributed by atoms with Crippen molar-refractivity contribution in [2.45, 2.75) is 30.8 Å². The van der Waals surface area contributed by atoms with Gasteiger partial charge in [-0.25, -0.2) is 18.0 Å². The summed E-state index contributed by atoms with van der Waals surface area (Å²) in [4.78, 5) is 24.2. The Bertz CT molecular complexity index is 932. The van der Waals surface area contributed by atoms with Gasteiger partial charge in [0.05, 0.1) is 30.3 Å². The number of aromatic nitrogens is 1. The molecule has 1 spiro atoms. The molecule has 200 valence electrons. The molecule has 2 fully saturated rings. The van der Waals surface area contributed by atoms with Crippen molar-refractivity contribution in [3.8, 4) is 0 Å². The molecule has 10 nitrogen and oxygen atoms in total. The second-order valence-corrected chi connectivity index (χ2v) is 9.45. The summed E-state index contributed by atoms with van der Waals surface area (Å²) < 4.78 is 94.7. The maximum atomic E-state index is 11.8. The van der Waals surface area contributed by atoms with E-state index in [1.54, 1.807) is 10.5 Å². The highest BCUT2D eigenvalue weighted by Gasteiger charge is 2.43. The Kier molecular flexibility index (Phi) is 10.3. The minimum absolute atomic E-state index is 0.393. The van der Waals surface area contributed by atoms with E-state index in [2.05, 4.69) is 9.88 Å². The molecule has 1 aromatic heterocycles. The van der Waals surface area contributed by atoms with Crippen LogP contribution < -0.4 is 4.90 Å². The number of carboxylic acids is 2. The van der Waals surface area contributed by atoms with Gasteiger partial charge in [-0.1, -0.05) is 0 Å². The summed E-state index contributed by atoms with van der Waals surface area (Å²) in [5.74, 6) is -5.51. The van der Waals surface area contributed by atoms with E-state index in [-0.39, 0.29) is 0 Å². The zero-order chi connectivity index (χ0) is 27.1. The fourth-order valence-corrected chi connectivity index (χ4v) is 4.08. The molecule has 2 aliphatic rings. The highest BCUT2D eigenvalue weighted by molar-refractivity contribution is 7.88. The first kappa shape index (κ1) is 30.4. The molecule has 1 atom stereocenters. The fraction of sp³-hybridized carbons (Fsp3) is 0.611. The number of alkyl halides is 6. The van der Waals surface area contributed by atoms with Gasteiger partial charge in [-0.3, -0.25) is 4.98 Å². The molecule has 3 rings (SSSR count). The minimum atomic E-state index is -5.08. The van der Waals surface area contributed by atoms with Crippen LogP contribution in [0.25, 0.3) is 0 Å². The smallest absolute Gasteiger partial charge is 0.475 e. The van der Waals surface area contributed by atoms with Gasteiger partial charge in [0.2, 0.25) is 10.0 Å². The van der Waals surface area contributed by atoms with E-state index in [9.17, 15) is 34.8 Å². The SMILES string of the molecule is CS(=O)(=O)N1CCOC2(CCCN(c3cccnc3)C2)C1.O=C(O)C(F)(F)F.O=C(O)C(F)(F)F. The number of nitrogens with zero attached hydrogens (tertiary/aromatic N) is 3. The summed E-state index contributed by atoms with van der Waals surface area (Å²) in [6.07, 6.45) is -3.40. The number of anilines is 1. The Morgan fingerprint density at radius 2 is 1.60 bits per heavy atom. The lowest BCUT2D eigenvalue weighted by Crippen LogP contribution is -2.60. The van der Waals surface area contributed by atoms with Gasteiger partial charge >= 0.3 is 24.3 Å². The predicted molar refractivity (Wildman–Crippen MR) is 108 cm³/mol. The molecule has 0 saturated carbocycles. The topological polar surface area (TPSA) is 137 Å². The third-order valence-electron chi connectivity index (χ3n) is 4.72. The molecule has 35 heavy (non-hydrogen) atoms. The lowest BCUT2D eigenvalue weighted by atomic mass is 9.91. The van der Waals surface area contributed by atoms with Crippen molar-refractivity contribution in [1.29, 1.82) is 0 Å². The number of piperidine rings is 1. The van der Waals surface area contributed by atoms with Crippen molar-refractivity contribution < 1.29 is 59.3 Å². The lowest BCUT2D eigenvalue weighted by molar-refractivity contribution is -0.193. The van der Waals surface area contributed by atoms with E-state index >= 15 is 0 Å². The fourth-order valence-electron chi connectivity index (χ4n) is 3.20. The van der Waals surface area contributed by atoms with Crippen LogP contribution in [0.4, 0.5) is 32.0 Å². The first-order valence-corrected chi connectivity index (χ1v) is 11.6. The number of morpholine rings is 1. The number of carboxylic acid groups (broad SMARTS) is 2. The molecule has 2 N–H and O–H groups in total. The van der Waals surface area contributed by atoms with Crippen molar-refractivity contribution >= 4 is 27.6 Å². The number of hydrogen-bond acceptors (Lipinski definition) is 7. The number of aliphatic carboxylic acids is 2. The van der Waals surface area contributed by atoms with E-state index in [0.717, 1.165) is 25.1 Å². The summed E-state index contributed by atoms with van der Waals surface area (Å²) in [5, 5.41) is 14.2. The molecule has 1 unspecified atom stereocenters. The molecule has 2 aliphatic heterocycles. The van der Waals surface area contributed by atoms with Crippen molar-refractivity contribution in [2.75, 3.05) is 43.9 Å². The standard InChI is InChI=1S/C14H21N3O3S.2C2HF3O2/c1-21(18,19)17-8-9-20-14(12-17)5-3-7-16(11-14)13-4-2-6-15-10-13;2*3-2(4,5)1(6)7/h2,4,6,10H,3,5,7-9,11-12H2,1H3;2*(H,6,7). The summed E-state index contributed by atoms with van der Waals surface area (Å²) in [7, 11) is -3.16. The maximum Gasteiger partial charge on any atom is 0.490 e. The van der Waals surface area contributed by atoms with Crippen molar-refractivity contribution in [2.24, 2.45) is 0 Å². The molecular formula is C18H23F6N3O7S.